The van der Waals surface area contributed by atoms with E-state index in [0.29, 0.717) is 27.1 Å². The fraction of sp³-hybridized carbons (Fsp3) is 0.115. The summed E-state index contributed by atoms with van der Waals surface area (Å²) in [4.78, 5) is 12.8. The maximum absolute atomic E-state index is 13.2. The Bertz CT molecular complexity index is 1710. The number of benzene rings is 4. The molecule has 4 rings (SSSR count). The van der Waals surface area contributed by atoms with Crippen LogP contribution in [0.15, 0.2) is 75.8 Å². The molecule has 0 heterocycles. The summed E-state index contributed by atoms with van der Waals surface area (Å²) in [5.74, 6) is -0.825. The summed E-state index contributed by atoms with van der Waals surface area (Å²) in [6.07, 6.45) is 0.285. The predicted molar refractivity (Wildman–Crippen MR) is 146 cm³/mol. The fourth-order valence-electron chi connectivity index (χ4n) is 3.90. The van der Waals surface area contributed by atoms with Crippen molar-refractivity contribution in [3.05, 3.63) is 81.8 Å². The van der Waals surface area contributed by atoms with Gasteiger partial charge >= 0.3 is 0 Å². The second-order valence-corrected chi connectivity index (χ2v) is 10.3. The van der Waals surface area contributed by atoms with E-state index in [-0.39, 0.29) is 34.1 Å². The Kier molecular flexibility index (Phi) is 7.89. The van der Waals surface area contributed by atoms with Crippen molar-refractivity contribution < 1.29 is 27.6 Å². The summed E-state index contributed by atoms with van der Waals surface area (Å²) >= 11 is 12.3. The van der Waals surface area contributed by atoms with Gasteiger partial charge in [-0.15, -0.1) is 10.2 Å². The summed E-state index contributed by atoms with van der Waals surface area (Å²) in [6, 6.07) is 15.4. The highest BCUT2D eigenvalue weighted by Crippen LogP contribution is 2.42. The second kappa shape index (κ2) is 11.0. The minimum absolute atomic E-state index is 0.0883. The van der Waals surface area contributed by atoms with E-state index in [1.54, 1.807) is 43.3 Å². The van der Waals surface area contributed by atoms with Crippen LogP contribution in [0.1, 0.15) is 22.8 Å². The topological polar surface area (TPSA) is 138 Å². The number of methoxy groups -OCH3 is 1. The van der Waals surface area contributed by atoms with Crippen molar-refractivity contribution in [2.24, 2.45) is 10.2 Å². The van der Waals surface area contributed by atoms with Crippen LogP contribution in [-0.2, 0) is 16.5 Å². The van der Waals surface area contributed by atoms with Gasteiger partial charge in [0, 0.05) is 15.4 Å². The number of phenolic OH excluding ortho intramolecular Hbond substituents is 1. The number of amides is 1. The molecule has 38 heavy (non-hydrogen) atoms. The Morgan fingerprint density at radius 2 is 1.74 bits per heavy atom. The van der Waals surface area contributed by atoms with Crippen LogP contribution in [0, 0.1) is 0 Å². The monoisotopic (exact) mass is 573 g/mol. The van der Waals surface area contributed by atoms with E-state index in [0.717, 1.165) is 6.07 Å². The van der Waals surface area contributed by atoms with Gasteiger partial charge in [-0.1, -0.05) is 54.4 Å². The van der Waals surface area contributed by atoms with Crippen molar-refractivity contribution in [1.29, 1.82) is 0 Å². The van der Waals surface area contributed by atoms with Gasteiger partial charge < -0.3 is 15.2 Å². The van der Waals surface area contributed by atoms with Crippen molar-refractivity contribution in [3.63, 3.8) is 0 Å². The summed E-state index contributed by atoms with van der Waals surface area (Å²) in [5.41, 5.74) is 0.219. The van der Waals surface area contributed by atoms with Crippen molar-refractivity contribution in [1.82, 2.24) is 0 Å². The first-order valence-corrected chi connectivity index (χ1v) is 13.3. The number of hydrogen-bond acceptors (Lipinski definition) is 7. The van der Waals surface area contributed by atoms with Crippen molar-refractivity contribution in [2.75, 3.05) is 12.4 Å². The lowest BCUT2D eigenvalue weighted by Crippen LogP contribution is -2.13. The average molecular weight is 574 g/mol. The van der Waals surface area contributed by atoms with Gasteiger partial charge in [0.25, 0.3) is 16.0 Å². The molecule has 1 amide bonds. The zero-order chi connectivity index (χ0) is 27.6. The normalized spacial score (nSPS) is 11.7. The molecule has 0 aliphatic rings. The molecule has 0 saturated carbocycles. The smallest absolute Gasteiger partial charge is 0.296 e. The van der Waals surface area contributed by atoms with E-state index in [1.165, 1.54) is 25.3 Å². The highest BCUT2D eigenvalue weighted by molar-refractivity contribution is 7.86. The molecule has 4 aromatic carbocycles. The molecule has 12 heteroatoms. The largest absolute Gasteiger partial charge is 0.505 e. The lowest BCUT2D eigenvalue weighted by atomic mass is 10.0. The number of azo groups is 1. The third kappa shape index (κ3) is 5.44. The molecule has 0 aromatic heterocycles. The number of rotatable bonds is 7. The molecule has 0 unspecified atom stereocenters. The number of carbonyl (C=O) groups excluding carboxylic acids is 1. The van der Waals surface area contributed by atoms with Crippen LogP contribution in [-0.4, -0.2) is 31.1 Å². The predicted octanol–water partition coefficient (Wildman–Crippen LogP) is 7.34. The van der Waals surface area contributed by atoms with Gasteiger partial charge in [-0.05, 0) is 53.8 Å². The van der Waals surface area contributed by atoms with Crippen LogP contribution in [0.4, 0.5) is 17.1 Å². The second-order valence-electron chi connectivity index (χ2n) is 8.04. The highest BCUT2D eigenvalue weighted by atomic mass is 35.5. The molecule has 0 saturated heterocycles. The van der Waals surface area contributed by atoms with Crippen molar-refractivity contribution in [2.45, 2.75) is 18.2 Å². The Labute approximate surface area is 228 Å². The van der Waals surface area contributed by atoms with E-state index < -0.39 is 26.7 Å². The Morgan fingerprint density at radius 1 is 1.03 bits per heavy atom. The van der Waals surface area contributed by atoms with E-state index >= 15 is 0 Å². The number of nitrogens with zero attached hydrogens (tertiary/aromatic N) is 2. The first kappa shape index (κ1) is 27.3. The Balaban J connectivity index is 1.88. The van der Waals surface area contributed by atoms with Crippen LogP contribution in [0.5, 0.6) is 11.5 Å². The maximum atomic E-state index is 13.2. The van der Waals surface area contributed by atoms with Gasteiger partial charge in [0.05, 0.1) is 18.4 Å². The number of fused-ring (bicyclic) bond motifs is 1. The minimum atomic E-state index is -4.67. The van der Waals surface area contributed by atoms with Crippen LogP contribution in [0.3, 0.4) is 0 Å². The molecule has 4 aromatic rings. The number of ether oxygens (including phenoxy) is 1. The number of halogens is 2. The molecule has 3 N–H and O–H groups in total. The van der Waals surface area contributed by atoms with Gasteiger partial charge in [0.1, 0.15) is 22.0 Å². The lowest BCUT2D eigenvalue weighted by molar-refractivity contribution is 0.102. The van der Waals surface area contributed by atoms with E-state index in [1.807, 2.05) is 0 Å². The molecule has 196 valence electrons. The SMILES string of the molecule is CCc1c(Cl)ccc(S(=O)(=O)O)c1N=Nc1c(O)c(C(=O)Nc2cc(Cl)ccc2OC)cc2ccccc12. The van der Waals surface area contributed by atoms with Crippen LogP contribution in [0.25, 0.3) is 10.8 Å². The standard InChI is InChI=1S/C26H21Cl2N3O6S/c1-3-16-19(28)9-11-22(38(34,35)36)23(16)30-31-24-17-7-5-4-6-14(17)12-18(25(24)32)26(33)29-20-13-15(27)8-10-21(20)37-2/h4-13,32H,3H2,1-2H3,(H,29,33)(H,34,35,36). The third-order valence-electron chi connectivity index (χ3n) is 5.72. The lowest BCUT2D eigenvalue weighted by Gasteiger charge is -2.14. The van der Waals surface area contributed by atoms with Gasteiger partial charge in [-0.25, -0.2) is 0 Å². The summed E-state index contributed by atoms with van der Waals surface area (Å²) in [5, 5.41) is 23.6. The quantitative estimate of drug-likeness (QED) is 0.156. The van der Waals surface area contributed by atoms with Gasteiger partial charge in [0.15, 0.2) is 5.75 Å². The minimum Gasteiger partial charge on any atom is -0.505 e. The summed E-state index contributed by atoms with van der Waals surface area (Å²) < 4.78 is 39.0. The molecular formula is C26H21Cl2N3O6S. The molecule has 0 spiro atoms. The average Bonchev–Trinajstić information content (AvgIpc) is 2.87. The number of hydrogen-bond donors (Lipinski definition) is 3. The van der Waals surface area contributed by atoms with Crippen LogP contribution in [0.2, 0.25) is 10.0 Å². The molecule has 0 bridgehead atoms. The first-order chi connectivity index (χ1) is 18.0. The number of aromatic hydroxyl groups is 1. The Hall–Kier alpha value is -3.70. The van der Waals surface area contributed by atoms with Crippen LogP contribution >= 0.6 is 23.2 Å². The maximum Gasteiger partial charge on any atom is 0.296 e. The first-order valence-electron chi connectivity index (χ1n) is 11.1. The van der Waals surface area contributed by atoms with Gasteiger partial charge in [-0.2, -0.15) is 8.42 Å². The van der Waals surface area contributed by atoms with E-state index in [2.05, 4.69) is 15.5 Å². The number of carbonyl (C=O) groups is 1. The molecular weight excluding hydrogens is 553 g/mol. The van der Waals surface area contributed by atoms with Gasteiger partial charge in [-0.3, -0.25) is 9.35 Å². The van der Waals surface area contributed by atoms with Crippen molar-refractivity contribution in [3.8, 4) is 11.5 Å². The number of phenols is 1. The molecule has 0 aliphatic heterocycles. The Morgan fingerprint density at radius 3 is 2.42 bits per heavy atom. The van der Waals surface area contributed by atoms with Gasteiger partial charge in [0.2, 0.25) is 0 Å². The highest BCUT2D eigenvalue weighted by Gasteiger charge is 2.22. The summed E-state index contributed by atoms with van der Waals surface area (Å²) in [7, 11) is -3.23. The number of anilines is 1. The molecule has 0 radical (unpaired) electrons. The molecule has 9 nitrogen and oxygen atoms in total. The summed E-state index contributed by atoms with van der Waals surface area (Å²) in [6.45, 7) is 1.73. The molecule has 0 fully saturated rings. The fourth-order valence-corrected chi connectivity index (χ4v) is 5.01. The van der Waals surface area contributed by atoms with Crippen molar-refractivity contribution >= 4 is 67.1 Å². The number of nitrogens with one attached hydrogen (secondary N) is 1. The van der Waals surface area contributed by atoms with E-state index in [9.17, 15) is 22.9 Å². The third-order valence-corrected chi connectivity index (χ3v) is 7.19. The molecule has 0 atom stereocenters. The van der Waals surface area contributed by atoms with E-state index in [4.69, 9.17) is 27.9 Å². The zero-order valence-corrected chi connectivity index (χ0v) is 22.4. The molecule has 0 aliphatic carbocycles. The van der Waals surface area contributed by atoms with Crippen LogP contribution < -0.4 is 10.1 Å². The zero-order valence-electron chi connectivity index (χ0n) is 20.1.